The highest BCUT2D eigenvalue weighted by atomic mass is 32.1. The summed E-state index contributed by atoms with van der Waals surface area (Å²) in [5, 5.41) is 12.9. The minimum atomic E-state index is -0.414. The number of benzene rings is 1. The van der Waals surface area contributed by atoms with Crippen LogP contribution in [-0.2, 0) is 0 Å². The fraction of sp³-hybridized carbons (Fsp3) is 0.357. The van der Waals surface area contributed by atoms with Crippen LogP contribution in [0.25, 0.3) is 10.1 Å². The Kier molecular flexibility index (Phi) is 4.07. The number of nitrogens with one attached hydrogen (secondary N) is 1. The second-order valence-corrected chi connectivity index (χ2v) is 5.79. The van der Waals surface area contributed by atoms with Crippen molar-refractivity contribution in [1.82, 2.24) is 5.32 Å². The van der Waals surface area contributed by atoms with Crippen molar-refractivity contribution < 1.29 is 9.90 Å². The molecule has 19 heavy (non-hydrogen) atoms. The molecule has 4 nitrogen and oxygen atoms in total. The van der Waals surface area contributed by atoms with Crippen LogP contribution in [0.4, 0.5) is 5.69 Å². The zero-order valence-electron chi connectivity index (χ0n) is 11.1. The molecule has 1 aromatic carbocycles. The third-order valence-corrected chi connectivity index (χ3v) is 4.12. The molecule has 1 atom stereocenters. The molecule has 0 spiro atoms. The van der Waals surface area contributed by atoms with Crippen molar-refractivity contribution in [2.45, 2.75) is 26.4 Å². The molecular formula is C14H18N2O2S. The summed E-state index contributed by atoms with van der Waals surface area (Å²) in [6.07, 6.45) is 0.123. The summed E-state index contributed by atoms with van der Waals surface area (Å²) < 4.78 is 1.02. The lowest BCUT2D eigenvalue weighted by atomic mass is 10.1. The van der Waals surface area contributed by atoms with E-state index < -0.39 is 6.10 Å². The van der Waals surface area contributed by atoms with Crippen LogP contribution in [0.5, 0.6) is 0 Å². The Bertz CT molecular complexity index is 605. The number of carbonyl (C=O) groups is 1. The Morgan fingerprint density at radius 2 is 2.26 bits per heavy atom. The normalized spacial score (nSPS) is 12.6. The first-order valence-electron chi connectivity index (χ1n) is 6.24. The number of amides is 1. The van der Waals surface area contributed by atoms with E-state index in [2.05, 4.69) is 5.32 Å². The highest BCUT2D eigenvalue weighted by Gasteiger charge is 2.16. The van der Waals surface area contributed by atoms with Crippen LogP contribution in [0.3, 0.4) is 0 Å². The van der Waals surface area contributed by atoms with E-state index >= 15 is 0 Å². The van der Waals surface area contributed by atoms with Crippen molar-refractivity contribution in [2.24, 2.45) is 0 Å². The van der Waals surface area contributed by atoms with Crippen molar-refractivity contribution in [1.29, 1.82) is 0 Å². The van der Waals surface area contributed by atoms with E-state index in [1.807, 2.05) is 25.1 Å². The zero-order valence-corrected chi connectivity index (χ0v) is 11.9. The number of aryl methyl sites for hydroxylation is 1. The Hall–Kier alpha value is -1.59. The van der Waals surface area contributed by atoms with E-state index in [9.17, 15) is 4.79 Å². The lowest BCUT2D eigenvalue weighted by Gasteiger charge is -2.05. The minimum absolute atomic E-state index is 0.169. The van der Waals surface area contributed by atoms with Crippen LogP contribution in [-0.4, -0.2) is 23.7 Å². The van der Waals surface area contributed by atoms with Crippen molar-refractivity contribution in [3.05, 3.63) is 28.6 Å². The zero-order chi connectivity index (χ0) is 14.0. The lowest BCUT2D eigenvalue weighted by Crippen LogP contribution is -2.26. The number of nitrogen functional groups attached to an aromatic ring is 1. The number of aliphatic hydroxyl groups is 1. The molecule has 0 radical (unpaired) electrons. The maximum Gasteiger partial charge on any atom is 0.263 e. The number of aliphatic hydroxyl groups excluding tert-OH is 1. The standard InChI is InChI=1S/C14H18N2O2S/c1-8-3-4-11-10(7-8)12(15)13(19-11)14(18)16-6-5-9(2)17/h3-4,7,9,17H,5-6,15H2,1-2H3,(H,16,18). The van der Waals surface area contributed by atoms with Crippen molar-refractivity contribution in [2.75, 3.05) is 12.3 Å². The summed E-state index contributed by atoms with van der Waals surface area (Å²) in [6, 6.07) is 5.99. The fourth-order valence-corrected chi connectivity index (χ4v) is 2.89. The van der Waals surface area contributed by atoms with Crippen molar-refractivity contribution in [3.63, 3.8) is 0 Å². The lowest BCUT2D eigenvalue weighted by molar-refractivity contribution is 0.0950. The smallest absolute Gasteiger partial charge is 0.263 e. The van der Waals surface area contributed by atoms with Gasteiger partial charge in [0.1, 0.15) is 4.88 Å². The molecule has 4 N–H and O–H groups in total. The van der Waals surface area contributed by atoms with Gasteiger partial charge < -0.3 is 16.2 Å². The van der Waals surface area contributed by atoms with E-state index in [1.54, 1.807) is 6.92 Å². The van der Waals surface area contributed by atoms with Gasteiger partial charge in [-0.1, -0.05) is 11.6 Å². The molecule has 5 heteroatoms. The molecule has 1 unspecified atom stereocenters. The van der Waals surface area contributed by atoms with E-state index in [0.29, 0.717) is 23.5 Å². The first-order chi connectivity index (χ1) is 8.99. The first-order valence-corrected chi connectivity index (χ1v) is 7.05. The number of hydrogen-bond acceptors (Lipinski definition) is 4. The fourth-order valence-electron chi connectivity index (χ4n) is 1.87. The van der Waals surface area contributed by atoms with Gasteiger partial charge in [-0.2, -0.15) is 0 Å². The monoisotopic (exact) mass is 278 g/mol. The number of fused-ring (bicyclic) bond motifs is 1. The average Bonchev–Trinajstić information content (AvgIpc) is 2.66. The van der Waals surface area contributed by atoms with Gasteiger partial charge in [-0.15, -0.1) is 11.3 Å². The van der Waals surface area contributed by atoms with Gasteiger partial charge in [0, 0.05) is 16.6 Å². The molecule has 102 valence electrons. The predicted octanol–water partition coefficient (Wildman–Crippen LogP) is 2.29. The van der Waals surface area contributed by atoms with E-state index in [-0.39, 0.29) is 5.91 Å². The maximum absolute atomic E-state index is 12.0. The summed E-state index contributed by atoms with van der Waals surface area (Å²) >= 11 is 1.40. The second-order valence-electron chi connectivity index (χ2n) is 4.74. The second kappa shape index (κ2) is 5.59. The number of rotatable bonds is 4. The van der Waals surface area contributed by atoms with Crippen LogP contribution < -0.4 is 11.1 Å². The van der Waals surface area contributed by atoms with Gasteiger partial charge in [0.15, 0.2) is 0 Å². The van der Waals surface area contributed by atoms with Crippen LogP contribution in [0.15, 0.2) is 18.2 Å². The molecule has 0 fully saturated rings. The van der Waals surface area contributed by atoms with Crippen LogP contribution in [0.1, 0.15) is 28.6 Å². The summed E-state index contributed by atoms with van der Waals surface area (Å²) in [5.41, 5.74) is 7.70. The Balaban J connectivity index is 2.20. The molecule has 0 aliphatic carbocycles. The van der Waals surface area contributed by atoms with Gasteiger partial charge >= 0.3 is 0 Å². The molecule has 0 aliphatic heterocycles. The van der Waals surface area contributed by atoms with E-state index in [1.165, 1.54) is 11.3 Å². The van der Waals surface area contributed by atoms with Crippen LogP contribution >= 0.6 is 11.3 Å². The highest BCUT2D eigenvalue weighted by molar-refractivity contribution is 7.21. The molecule has 1 aromatic heterocycles. The molecule has 1 heterocycles. The number of anilines is 1. The van der Waals surface area contributed by atoms with Gasteiger partial charge in [0.25, 0.3) is 5.91 Å². The van der Waals surface area contributed by atoms with Crippen LogP contribution in [0.2, 0.25) is 0 Å². The van der Waals surface area contributed by atoms with E-state index in [4.69, 9.17) is 10.8 Å². The largest absolute Gasteiger partial charge is 0.397 e. The van der Waals surface area contributed by atoms with Gasteiger partial charge in [-0.3, -0.25) is 4.79 Å². The molecular weight excluding hydrogens is 260 g/mol. The average molecular weight is 278 g/mol. The van der Waals surface area contributed by atoms with Gasteiger partial charge in [0.2, 0.25) is 0 Å². The van der Waals surface area contributed by atoms with E-state index in [0.717, 1.165) is 15.6 Å². The van der Waals surface area contributed by atoms with Gasteiger partial charge in [-0.05, 0) is 32.4 Å². The van der Waals surface area contributed by atoms with Gasteiger partial charge in [-0.25, -0.2) is 0 Å². The Labute approximate surface area is 116 Å². The summed E-state index contributed by atoms with van der Waals surface area (Å²) in [6.45, 7) is 4.14. The highest BCUT2D eigenvalue weighted by Crippen LogP contribution is 2.34. The summed E-state index contributed by atoms with van der Waals surface area (Å²) in [4.78, 5) is 12.6. The van der Waals surface area contributed by atoms with Crippen molar-refractivity contribution >= 4 is 33.0 Å². The number of nitrogens with two attached hydrogens (primary N) is 1. The molecule has 2 aromatic rings. The van der Waals surface area contributed by atoms with Crippen molar-refractivity contribution in [3.8, 4) is 0 Å². The maximum atomic E-state index is 12.0. The molecule has 0 saturated heterocycles. The molecule has 2 rings (SSSR count). The molecule has 0 aliphatic rings. The third kappa shape index (κ3) is 3.05. The number of carbonyl (C=O) groups excluding carboxylic acids is 1. The Morgan fingerprint density at radius 1 is 1.53 bits per heavy atom. The number of hydrogen-bond donors (Lipinski definition) is 3. The van der Waals surface area contributed by atoms with Crippen LogP contribution in [0, 0.1) is 6.92 Å². The van der Waals surface area contributed by atoms with Gasteiger partial charge in [0.05, 0.1) is 11.8 Å². The quantitative estimate of drug-likeness (QED) is 0.803. The number of thiophene rings is 1. The molecule has 1 amide bonds. The molecule has 0 saturated carbocycles. The summed E-state index contributed by atoms with van der Waals surface area (Å²) in [7, 11) is 0. The molecule has 0 bridgehead atoms. The Morgan fingerprint density at radius 3 is 2.95 bits per heavy atom. The first kappa shape index (κ1) is 13.8. The third-order valence-electron chi connectivity index (χ3n) is 2.94. The SMILES string of the molecule is Cc1ccc2sc(C(=O)NCCC(C)O)c(N)c2c1. The summed E-state index contributed by atoms with van der Waals surface area (Å²) in [5.74, 6) is -0.169. The minimum Gasteiger partial charge on any atom is -0.397 e. The topological polar surface area (TPSA) is 75.3 Å². The predicted molar refractivity (Wildman–Crippen MR) is 79.6 cm³/mol.